The first-order chi connectivity index (χ1) is 15.6. The highest BCUT2D eigenvalue weighted by Gasteiger charge is 2.42. The molecule has 0 bridgehead atoms. The first-order valence-electron chi connectivity index (χ1n) is 11.0. The SMILES string of the molecule is O=C1CCC(N2C(=O)c3ccc(C4CN(Cc5ccccc5)C4)c4nccc2c34)C(=O)N1. The summed E-state index contributed by atoms with van der Waals surface area (Å²) >= 11 is 0. The molecule has 7 heteroatoms. The third kappa shape index (κ3) is 2.92. The quantitative estimate of drug-likeness (QED) is 0.649. The van der Waals surface area contributed by atoms with Crippen LogP contribution in [0.25, 0.3) is 10.9 Å². The van der Waals surface area contributed by atoms with Crippen molar-refractivity contribution < 1.29 is 14.4 Å². The molecular weight excluding hydrogens is 404 g/mol. The Kier molecular flexibility index (Phi) is 4.33. The van der Waals surface area contributed by atoms with E-state index in [2.05, 4.69) is 39.5 Å². The molecule has 2 aromatic carbocycles. The van der Waals surface area contributed by atoms with Crippen LogP contribution in [0.5, 0.6) is 0 Å². The number of piperidine rings is 1. The Bertz CT molecular complexity index is 1270. The smallest absolute Gasteiger partial charge is 0.259 e. The minimum atomic E-state index is -0.674. The molecule has 32 heavy (non-hydrogen) atoms. The van der Waals surface area contributed by atoms with Crippen molar-refractivity contribution >= 4 is 34.3 Å². The standard InChI is InChI=1S/C25H22N4O3/c30-21-9-8-20(24(31)27-21)29-19-10-11-26-23-17(6-7-18(22(19)23)25(29)32)16-13-28(14-16)12-15-4-2-1-3-5-15/h1-7,10-11,16,20H,8-9,12-14H2,(H,27,30,31). The maximum absolute atomic E-state index is 13.2. The average molecular weight is 426 g/mol. The molecule has 6 rings (SSSR count). The number of hydrogen-bond donors (Lipinski definition) is 1. The highest BCUT2D eigenvalue weighted by molar-refractivity contribution is 6.27. The van der Waals surface area contributed by atoms with Crippen LogP contribution >= 0.6 is 0 Å². The summed E-state index contributed by atoms with van der Waals surface area (Å²) in [5.41, 5.74) is 4.58. The van der Waals surface area contributed by atoms with Gasteiger partial charge in [0.25, 0.3) is 5.91 Å². The van der Waals surface area contributed by atoms with Gasteiger partial charge in [-0.05, 0) is 29.7 Å². The molecule has 0 radical (unpaired) electrons. The lowest BCUT2D eigenvalue weighted by molar-refractivity contribution is -0.134. The fraction of sp³-hybridized carbons (Fsp3) is 0.280. The Morgan fingerprint density at radius 2 is 1.81 bits per heavy atom. The zero-order chi connectivity index (χ0) is 21.8. The molecule has 0 spiro atoms. The molecule has 2 fully saturated rings. The minimum absolute atomic E-state index is 0.196. The molecular formula is C25H22N4O3. The van der Waals surface area contributed by atoms with E-state index in [1.54, 1.807) is 17.2 Å². The highest BCUT2D eigenvalue weighted by Crippen LogP contribution is 2.42. The molecule has 160 valence electrons. The highest BCUT2D eigenvalue weighted by atomic mass is 16.2. The summed E-state index contributed by atoms with van der Waals surface area (Å²) in [5.74, 6) is -0.542. The second-order valence-electron chi connectivity index (χ2n) is 8.77. The molecule has 3 aliphatic rings. The van der Waals surface area contributed by atoms with Crippen molar-refractivity contribution in [3.63, 3.8) is 0 Å². The van der Waals surface area contributed by atoms with Crippen LogP contribution in [-0.4, -0.2) is 46.7 Å². The van der Waals surface area contributed by atoms with Gasteiger partial charge in [-0.15, -0.1) is 0 Å². The lowest BCUT2D eigenvalue weighted by Crippen LogP contribution is -2.53. The van der Waals surface area contributed by atoms with Crippen molar-refractivity contribution in [1.29, 1.82) is 0 Å². The normalized spacial score (nSPS) is 21.2. The van der Waals surface area contributed by atoms with Crippen molar-refractivity contribution in [2.75, 3.05) is 18.0 Å². The Morgan fingerprint density at radius 3 is 2.59 bits per heavy atom. The second kappa shape index (κ2) is 7.24. The number of carbonyl (C=O) groups is 3. The summed E-state index contributed by atoms with van der Waals surface area (Å²) in [6.07, 6.45) is 2.27. The number of hydrogen-bond acceptors (Lipinski definition) is 5. The van der Waals surface area contributed by atoms with Gasteiger partial charge in [0.1, 0.15) is 6.04 Å². The van der Waals surface area contributed by atoms with Crippen LogP contribution in [0.15, 0.2) is 54.7 Å². The van der Waals surface area contributed by atoms with Crippen LogP contribution in [0.3, 0.4) is 0 Å². The van der Waals surface area contributed by atoms with Gasteiger partial charge in [-0.3, -0.25) is 34.5 Å². The van der Waals surface area contributed by atoms with E-state index in [0.717, 1.165) is 36.1 Å². The summed E-state index contributed by atoms with van der Waals surface area (Å²) in [6, 6.07) is 15.4. The average Bonchev–Trinajstić information content (AvgIpc) is 3.05. The van der Waals surface area contributed by atoms with Crippen LogP contribution in [0, 0.1) is 0 Å². The van der Waals surface area contributed by atoms with E-state index in [1.165, 1.54) is 5.56 Å². The van der Waals surface area contributed by atoms with Crippen LogP contribution < -0.4 is 10.2 Å². The maximum atomic E-state index is 13.2. The molecule has 1 unspecified atom stereocenters. The number of rotatable bonds is 4. The van der Waals surface area contributed by atoms with Crippen molar-refractivity contribution in [2.45, 2.75) is 31.3 Å². The maximum Gasteiger partial charge on any atom is 0.259 e. The van der Waals surface area contributed by atoms with Crippen molar-refractivity contribution in [3.05, 3.63) is 71.4 Å². The monoisotopic (exact) mass is 426 g/mol. The Labute approximate surface area is 185 Å². The molecule has 2 saturated heterocycles. The minimum Gasteiger partial charge on any atom is -0.298 e. The summed E-state index contributed by atoms with van der Waals surface area (Å²) < 4.78 is 0. The fourth-order valence-electron chi connectivity index (χ4n) is 5.19. The lowest BCUT2D eigenvalue weighted by atomic mass is 9.88. The van der Waals surface area contributed by atoms with Crippen LogP contribution in [0.1, 0.15) is 40.2 Å². The lowest BCUT2D eigenvalue weighted by Gasteiger charge is -2.40. The Balaban J connectivity index is 1.30. The number of aromatic nitrogens is 1. The van der Waals surface area contributed by atoms with Crippen LogP contribution in [0.4, 0.5) is 5.69 Å². The van der Waals surface area contributed by atoms with Gasteiger partial charge in [-0.2, -0.15) is 0 Å². The Hall–Kier alpha value is -3.58. The van der Waals surface area contributed by atoms with Gasteiger partial charge in [0.2, 0.25) is 11.8 Å². The van der Waals surface area contributed by atoms with Crippen molar-refractivity contribution in [2.24, 2.45) is 0 Å². The first-order valence-corrected chi connectivity index (χ1v) is 11.0. The van der Waals surface area contributed by atoms with Gasteiger partial charge >= 0.3 is 0 Å². The molecule has 3 aromatic rings. The predicted molar refractivity (Wildman–Crippen MR) is 119 cm³/mol. The number of anilines is 1. The van der Waals surface area contributed by atoms with E-state index >= 15 is 0 Å². The molecule has 7 nitrogen and oxygen atoms in total. The van der Waals surface area contributed by atoms with Crippen LogP contribution in [0.2, 0.25) is 0 Å². The number of pyridine rings is 1. The summed E-state index contributed by atoms with van der Waals surface area (Å²) in [7, 11) is 0. The van der Waals surface area contributed by atoms with Gasteiger partial charge < -0.3 is 0 Å². The number of imide groups is 1. The number of amides is 3. The Morgan fingerprint density at radius 1 is 1.00 bits per heavy atom. The van der Waals surface area contributed by atoms with Gasteiger partial charge in [-0.1, -0.05) is 36.4 Å². The van der Waals surface area contributed by atoms with E-state index < -0.39 is 11.9 Å². The topological polar surface area (TPSA) is 82.6 Å². The van der Waals surface area contributed by atoms with Gasteiger partial charge in [-0.25, -0.2) is 0 Å². The second-order valence-corrected chi connectivity index (χ2v) is 8.77. The summed E-state index contributed by atoms with van der Waals surface area (Å²) in [4.78, 5) is 45.9. The molecule has 3 amide bonds. The number of likely N-dealkylation sites (tertiary alicyclic amines) is 1. The molecule has 0 aliphatic carbocycles. The first kappa shape index (κ1) is 19.1. The van der Waals surface area contributed by atoms with Gasteiger partial charge in [0, 0.05) is 43.6 Å². The summed E-state index contributed by atoms with van der Waals surface area (Å²) in [6.45, 7) is 2.81. The zero-order valence-electron chi connectivity index (χ0n) is 17.5. The number of benzene rings is 2. The molecule has 1 N–H and O–H groups in total. The van der Waals surface area contributed by atoms with Gasteiger partial charge in [0.15, 0.2) is 0 Å². The number of carbonyl (C=O) groups excluding carboxylic acids is 3. The van der Waals surface area contributed by atoms with E-state index in [-0.39, 0.29) is 18.2 Å². The summed E-state index contributed by atoms with van der Waals surface area (Å²) in [5, 5.41) is 3.19. The van der Waals surface area contributed by atoms with Crippen molar-refractivity contribution in [3.8, 4) is 0 Å². The predicted octanol–water partition coefficient (Wildman–Crippen LogP) is 2.60. The third-order valence-corrected chi connectivity index (χ3v) is 6.78. The molecule has 1 aromatic heterocycles. The number of nitrogens with one attached hydrogen (secondary N) is 1. The molecule has 4 heterocycles. The van der Waals surface area contributed by atoms with Crippen molar-refractivity contribution in [1.82, 2.24) is 15.2 Å². The zero-order valence-corrected chi connectivity index (χ0v) is 17.5. The molecule has 0 saturated carbocycles. The third-order valence-electron chi connectivity index (χ3n) is 6.78. The fourth-order valence-corrected chi connectivity index (χ4v) is 5.19. The molecule has 3 aliphatic heterocycles. The largest absolute Gasteiger partial charge is 0.298 e. The van der Waals surface area contributed by atoms with E-state index in [4.69, 9.17) is 0 Å². The van der Waals surface area contributed by atoms with E-state index in [1.807, 2.05) is 18.2 Å². The van der Waals surface area contributed by atoms with Crippen LogP contribution in [-0.2, 0) is 16.1 Å². The van der Waals surface area contributed by atoms with Gasteiger partial charge in [0.05, 0.1) is 16.8 Å². The molecule has 1 atom stereocenters. The van der Waals surface area contributed by atoms with E-state index in [0.29, 0.717) is 23.6 Å². The number of nitrogens with zero attached hydrogens (tertiary/aromatic N) is 3. The van der Waals surface area contributed by atoms with E-state index in [9.17, 15) is 14.4 Å².